The molecular weight excluding hydrogens is 248 g/mol. The van der Waals surface area contributed by atoms with Crippen molar-refractivity contribution in [1.82, 2.24) is 4.98 Å². The number of nitrogens with one attached hydrogen (secondary N) is 1. The van der Waals surface area contributed by atoms with Crippen LogP contribution in [0.3, 0.4) is 0 Å². The van der Waals surface area contributed by atoms with Crippen LogP contribution in [-0.4, -0.2) is 12.0 Å². The molecule has 94 valence electrons. The number of hydrogen-bond donors (Lipinski definition) is 1. The van der Waals surface area contributed by atoms with Crippen LogP contribution in [0.4, 0.5) is 5.82 Å². The number of nitrogens with zero attached hydrogens (tertiary/aromatic N) is 1. The minimum Gasteiger partial charge on any atom is -0.373 e. The Morgan fingerprint density at radius 2 is 1.94 bits per heavy atom. The highest BCUT2D eigenvalue weighted by atomic mass is 35.5. The molecule has 0 unspecified atom stereocenters. The van der Waals surface area contributed by atoms with E-state index in [1.165, 1.54) is 0 Å². The summed E-state index contributed by atoms with van der Waals surface area (Å²) in [4.78, 5) is 4.15. The fraction of sp³-hybridized carbons (Fsp3) is 0.214. The van der Waals surface area contributed by atoms with Gasteiger partial charge >= 0.3 is 0 Å². The predicted octanol–water partition coefficient (Wildman–Crippen LogP) is 3.49. The summed E-state index contributed by atoms with van der Waals surface area (Å²) < 4.78 is 5.65. The van der Waals surface area contributed by atoms with Crippen LogP contribution < -0.4 is 5.32 Å². The first-order valence-corrected chi connectivity index (χ1v) is 6.10. The Labute approximate surface area is 112 Å². The zero-order valence-corrected chi connectivity index (χ0v) is 10.9. The molecule has 2 rings (SSSR count). The second kappa shape index (κ2) is 6.38. The van der Waals surface area contributed by atoms with Gasteiger partial charge in [-0.15, -0.1) is 0 Å². The molecular formula is C14H15ClN2O. The third-order valence-electron chi connectivity index (χ3n) is 2.51. The molecule has 1 aromatic heterocycles. The molecule has 1 heterocycles. The van der Waals surface area contributed by atoms with Crippen LogP contribution in [0.1, 0.15) is 11.1 Å². The van der Waals surface area contributed by atoms with Crippen LogP contribution in [0, 0.1) is 0 Å². The molecule has 0 amide bonds. The van der Waals surface area contributed by atoms with Crippen molar-refractivity contribution in [1.29, 1.82) is 0 Å². The number of benzene rings is 1. The lowest BCUT2D eigenvalue weighted by Gasteiger charge is -2.06. The quantitative estimate of drug-likeness (QED) is 0.896. The predicted molar refractivity (Wildman–Crippen MR) is 73.7 cm³/mol. The molecule has 2 aromatic rings. The van der Waals surface area contributed by atoms with Crippen LogP contribution >= 0.6 is 11.6 Å². The van der Waals surface area contributed by atoms with Gasteiger partial charge in [-0.3, -0.25) is 0 Å². The maximum absolute atomic E-state index is 5.91. The summed E-state index contributed by atoms with van der Waals surface area (Å²) in [6.07, 6.45) is 1.77. The van der Waals surface area contributed by atoms with E-state index in [4.69, 9.17) is 16.3 Å². The number of pyridine rings is 1. The number of anilines is 1. The van der Waals surface area contributed by atoms with E-state index in [0.29, 0.717) is 13.2 Å². The normalized spacial score (nSPS) is 10.3. The van der Waals surface area contributed by atoms with Crippen molar-refractivity contribution in [3.05, 3.63) is 58.7 Å². The first kappa shape index (κ1) is 12.9. The van der Waals surface area contributed by atoms with Gasteiger partial charge in [0.25, 0.3) is 0 Å². The molecule has 0 aliphatic carbocycles. The van der Waals surface area contributed by atoms with Crippen molar-refractivity contribution >= 4 is 17.4 Å². The van der Waals surface area contributed by atoms with Crippen molar-refractivity contribution in [2.45, 2.75) is 13.2 Å². The molecule has 0 aliphatic heterocycles. The molecule has 1 aromatic carbocycles. The van der Waals surface area contributed by atoms with Crippen molar-refractivity contribution in [2.75, 3.05) is 12.4 Å². The van der Waals surface area contributed by atoms with Gasteiger partial charge in [-0.25, -0.2) is 4.98 Å². The number of halogens is 1. The molecule has 18 heavy (non-hydrogen) atoms. The van der Waals surface area contributed by atoms with Gasteiger partial charge in [0.15, 0.2) is 0 Å². The molecule has 0 aliphatic rings. The third kappa shape index (κ3) is 3.72. The molecule has 4 heteroatoms. The summed E-state index contributed by atoms with van der Waals surface area (Å²) in [6.45, 7) is 1.11. The first-order valence-electron chi connectivity index (χ1n) is 5.73. The van der Waals surface area contributed by atoms with E-state index in [-0.39, 0.29) is 0 Å². The number of hydrogen-bond acceptors (Lipinski definition) is 3. The van der Waals surface area contributed by atoms with E-state index < -0.39 is 0 Å². The topological polar surface area (TPSA) is 34.1 Å². The number of aromatic nitrogens is 1. The standard InChI is InChI=1S/C14H15ClN2O/c1-16-14-8-12(5-6-17-14)10-18-9-11-3-2-4-13(15)7-11/h2-8H,9-10H2,1H3,(H,16,17). The van der Waals surface area contributed by atoms with E-state index in [1.807, 2.05) is 43.4 Å². The van der Waals surface area contributed by atoms with E-state index in [9.17, 15) is 0 Å². The summed E-state index contributed by atoms with van der Waals surface area (Å²) in [5.41, 5.74) is 2.17. The lowest BCUT2D eigenvalue weighted by Crippen LogP contribution is -1.97. The molecule has 0 atom stereocenters. The zero-order chi connectivity index (χ0) is 12.8. The van der Waals surface area contributed by atoms with Gasteiger partial charge in [0.05, 0.1) is 13.2 Å². The first-order chi connectivity index (χ1) is 8.78. The molecule has 0 saturated heterocycles. The van der Waals surface area contributed by atoms with Crippen LogP contribution in [0.25, 0.3) is 0 Å². The smallest absolute Gasteiger partial charge is 0.125 e. The van der Waals surface area contributed by atoms with E-state index in [1.54, 1.807) is 6.20 Å². The Balaban J connectivity index is 1.88. The van der Waals surface area contributed by atoms with Gasteiger partial charge in [-0.2, -0.15) is 0 Å². The average Bonchev–Trinajstić information content (AvgIpc) is 2.39. The second-order valence-electron chi connectivity index (χ2n) is 3.92. The molecule has 0 spiro atoms. The van der Waals surface area contributed by atoms with E-state index in [2.05, 4.69) is 10.3 Å². The molecule has 0 fully saturated rings. The van der Waals surface area contributed by atoms with Crippen molar-refractivity contribution in [3.63, 3.8) is 0 Å². The summed E-state index contributed by atoms with van der Waals surface area (Å²) in [6, 6.07) is 11.6. The fourth-order valence-corrected chi connectivity index (χ4v) is 1.83. The Kier molecular flexibility index (Phi) is 4.56. The average molecular weight is 263 g/mol. The lowest BCUT2D eigenvalue weighted by molar-refractivity contribution is 0.107. The number of ether oxygens (including phenoxy) is 1. The third-order valence-corrected chi connectivity index (χ3v) is 2.74. The fourth-order valence-electron chi connectivity index (χ4n) is 1.61. The second-order valence-corrected chi connectivity index (χ2v) is 4.36. The Hall–Kier alpha value is -1.58. The minimum absolute atomic E-state index is 0.553. The number of rotatable bonds is 5. The summed E-state index contributed by atoms with van der Waals surface area (Å²) in [7, 11) is 1.85. The van der Waals surface area contributed by atoms with Gasteiger partial charge in [-0.05, 0) is 35.4 Å². The molecule has 0 saturated carbocycles. The van der Waals surface area contributed by atoms with Crippen LogP contribution in [0.5, 0.6) is 0 Å². The van der Waals surface area contributed by atoms with Crippen LogP contribution in [0.2, 0.25) is 5.02 Å². The van der Waals surface area contributed by atoms with Gasteiger partial charge in [0.2, 0.25) is 0 Å². The van der Waals surface area contributed by atoms with E-state index >= 15 is 0 Å². The van der Waals surface area contributed by atoms with Crippen LogP contribution in [0.15, 0.2) is 42.6 Å². The zero-order valence-electron chi connectivity index (χ0n) is 10.2. The molecule has 1 N–H and O–H groups in total. The van der Waals surface area contributed by atoms with Gasteiger partial charge < -0.3 is 10.1 Å². The van der Waals surface area contributed by atoms with Crippen molar-refractivity contribution in [2.24, 2.45) is 0 Å². The van der Waals surface area contributed by atoms with Gasteiger partial charge in [0.1, 0.15) is 5.82 Å². The summed E-state index contributed by atoms with van der Waals surface area (Å²) >= 11 is 5.91. The van der Waals surface area contributed by atoms with E-state index in [0.717, 1.165) is 22.0 Å². The van der Waals surface area contributed by atoms with Gasteiger partial charge in [-0.1, -0.05) is 23.7 Å². The van der Waals surface area contributed by atoms with Gasteiger partial charge in [0, 0.05) is 18.3 Å². The maximum atomic E-state index is 5.91. The molecule has 0 bridgehead atoms. The SMILES string of the molecule is CNc1cc(COCc2cccc(Cl)c2)ccn1. The summed E-state index contributed by atoms with van der Waals surface area (Å²) in [5.74, 6) is 0.846. The van der Waals surface area contributed by atoms with Crippen LogP contribution in [-0.2, 0) is 18.0 Å². The largest absolute Gasteiger partial charge is 0.373 e. The highest BCUT2D eigenvalue weighted by Gasteiger charge is 1.98. The lowest BCUT2D eigenvalue weighted by atomic mass is 10.2. The van der Waals surface area contributed by atoms with Crippen molar-refractivity contribution in [3.8, 4) is 0 Å². The Morgan fingerprint density at radius 3 is 2.67 bits per heavy atom. The van der Waals surface area contributed by atoms with Crippen molar-refractivity contribution < 1.29 is 4.74 Å². The monoisotopic (exact) mass is 262 g/mol. The minimum atomic E-state index is 0.553. The molecule has 0 radical (unpaired) electrons. The maximum Gasteiger partial charge on any atom is 0.125 e. The molecule has 3 nitrogen and oxygen atoms in total. The summed E-state index contributed by atoms with van der Waals surface area (Å²) in [5, 5.41) is 3.73. The Morgan fingerprint density at radius 1 is 1.17 bits per heavy atom. The highest BCUT2D eigenvalue weighted by molar-refractivity contribution is 6.30. The Bertz CT molecular complexity index is 517. The highest BCUT2D eigenvalue weighted by Crippen LogP contribution is 2.13.